The zero-order valence-corrected chi connectivity index (χ0v) is 21.7. The molecular weight excluding hydrogens is 511 g/mol. The van der Waals surface area contributed by atoms with E-state index in [1.54, 1.807) is 6.07 Å². The number of fused-ring (bicyclic) bond motifs is 1. The molecule has 0 bridgehead atoms. The number of ether oxygens (including phenoxy) is 1. The molecule has 2 aromatic carbocycles. The quantitative estimate of drug-likeness (QED) is 0.219. The van der Waals surface area contributed by atoms with E-state index in [4.69, 9.17) is 33.0 Å². The molecule has 10 heteroatoms. The van der Waals surface area contributed by atoms with Gasteiger partial charge in [-0.05, 0) is 54.7 Å². The van der Waals surface area contributed by atoms with Crippen LogP contribution in [0.15, 0.2) is 47.4 Å². The lowest BCUT2D eigenvalue weighted by molar-refractivity contribution is -0.137. The number of rotatable bonds is 13. The molecule has 0 unspecified atom stereocenters. The van der Waals surface area contributed by atoms with Gasteiger partial charge < -0.3 is 9.84 Å². The molecule has 0 spiro atoms. The number of hydrogen-bond donors (Lipinski definition) is 2. The summed E-state index contributed by atoms with van der Waals surface area (Å²) in [4.78, 5) is 15.3. The Hall–Kier alpha value is -2.39. The van der Waals surface area contributed by atoms with Gasteiger partial charge >= 0.3 is 5.97 Å². The summed E-state index contributed by atoms with van der Waals surface area (Å²) in [5.41, 5.74) is 3.38. The predicted octanol–water partition coefficient (Wildman–Crippen LogP) is 5.52. The van der Waals surface area contributed by atoms with Gasteiger partial charge in [-0.25, -0.2) is 18.1 Å². The number of carboxylic acid groups (broad SMARTS) is 1. The predicted molar refractivity (Wildman–Crippen MR) is 138 cm³/mol. The maximum Gasteiger partial charge on any atom is 0.303 e. The molecule has 0 saturated heterocycles. The highest BCUT2D eigenvalue weighted by Crippen LogP contribution is 2.30. The largest absolute Gasteiger partial charge is 0.487 e. The summed E-state index contributed by atoms with van der Waals surface area (Å²) in [6.07, 6.45) is 1.71. The Morgan fingerprint density at radius 1 is 1.03 bits per heavy atom. The number of pyridine rings is 1. The smallest absolute Gasteiger partial charge is 0.303 e. The van der Waals surface area contributed by atoms with E-state index in [0.29, 0.717) is 36.1 Å². The molecule has 188 valence electrons. The summed E-state index contributed by atoms with van der Waals surface area (Å²) in [6.45, 7) is 2.19. The second kappa shape index (κ2) is 12.5. The molecule has 1 aromatic heterocycles. The molecule has 3 rings (SSSR count). The third kappa shape index (κ3) is 7.07. The Morgan fingerprint density at radius 2 is 1.83 bits per heavy atom. The molecule has 1 heterocycles. The molecule has 0 aliphatic carbocycles. The van der Waals surface area contributed by atoms with Crippen molar-refractivity contribution in [1.82, 2.24) is 9.71 Å². The molecule has 0 amide bonds. The fourth-order valence-corrected chi connectivity index (χ4v) is 5.74. The number of sulfonamides is 1. The van der Waals surface area contributed by atoms with Gasteiger partial charge in [0.1, 0.15) is 17.9 Å². The van der Waals surface area contributed by atoms with Gasteiger partial charge in [0.05, 0.1) is 4.90 Å². The summed E-state index contributed by atoms with van der Waals surface area (Å²) in [5, 5.41) is 9.65. The number of benzene rings is 2. The number of para-hydroxylation sites is 1. The van der Waals surface area contributed by atoms with Crippen molar-refractivity contribution in [3.8, 4) is 5.75 Å². The normalized spacial score (nSPS) is 11.6. The van der Waals surface area contributed by atoms with Crippen LogP contribution in [0, 0.1) is 6.92 Å². The van der Waals surface area contributed by atoms with Gasteiger partial charge in [-0.2, -0.15) is 0 Å². The number of unbranched alkanes of at least 4 members (excludes halogenated alkanes) is 2. The minimum absolute atomic E-state index is 0.0365. The molecule has 0 radical (unpaired) electrons. The highest BCUT2D eigenvalue weighted by molar-refractivity contribution is 7.89. The summed E-state index contributed by atoms with van der Waals surface area (Å²) < 4.78 is 34.8. The number of aromatic nitrogens is 1. The van der Waals surface area contributed by atoms with Crippen molar-refractivity contribution in [2.24, 2.45) is 0 Å². The minimum Gasteiger partial charge on any atom is -0.487 e. The van der Waals surface area contributed by atoms with E-state index in [9.17, 15) is 13.2 Å². The van der Waals surface area contributed by atoms with Gasteiger partial charge in [0.15, 0.2) is 0 Å². The van der Waals surface area contributed by atoms with Crippen LogP contribution in [0.5, 0.6) is 5.75 Å². The van der Waals surface area contributed by atoms with Crippen molar-refractivity contribution < 1.29 is 23.1 Å². The highest BCUT2D eigenvalue weighted by Gasteiger charge is 2.22. The molecule has 0 fully saturated rings. The summed E-state index contributed by atoms with van der Waals surface area (Å²) in [6, 6.07) is 12.7. The number of nitrogens with zero attached hydrogens (tertiary/aromatic N) is 1. The number of carboxylic acids is 1. The van der Waals surface area contributed by atoms with E-state index in [0.717, 1.165) is 22.2 Å². The third-order valence-electron chi connectivity index (χ3n) is 5.61. The fraction of sp³-hybridized carbons (Fsp3) is 0.360. The number of hydrogen-bond acceptors (Lipinski definition) is 5. The third-order valence-corrected chi connectivity index (χ3v) is 7.71. The molecule has 35 heavy (non-hydrogen) atoms. The topological polar surface area (TPSA) is 106 Å². The van der Waals surface area contributed by atoms with E-state index < -0.39 is 16.0 Å². The lowest BCUT2D eigenvalue weighted by atomic mass is 10.0. The first kappa shape index (κ1) is 27.2. The molecule has 0 saturated carbocycles. The van der Waals surface area contributed by atoms with E-state index in [1.165, 1.54) is 6.07 Å². The van der Waals surface area contributed by atoms with Crippen molar-refractivity contribution >= 4 is 50.1 Å². The van der Waals surface area contributed by atoms with Crippen LogP contribution in [0.1, 0.15) is 48.1 Å². The van der Waals surface area contributed by atoms with Crippen LogP contribution in [-0.2, 0) is 33.2 Å². The average Bonchev–Trinajstić information content (AvgIpc) is 2.83. The average molecular weight is 539 g/mol. The van der Waals surface area contributed by atoms with Crippen LogP contribution in [0.3, 0.4) is 0 Å². The Morgan fingerprint density at radius 3 is 2.54 bits per heavy atom. The zero-order valence-electron chi connectivity index (χ0n) is 19.4. The fourth-order valence-electron chi connectivity index (χ4n) is 3.77. The van der Waals surface area contributed by atoms with Crippen molar-refractivity contribution in [3.63, 3.8) is 0 Å². The molecule has 2 N–H and O–H groups in total. The minimum atomic E-state index is -3.84. The van der Waals surface area contributed by atoms with Crippen LogP contribution in [0.4, 0.5) is 0 Å². The van der Waals surface area contributed by atoms with Crippen molar-refractivity contribution in [1.29, 1.82) is 0 Å². The first-order valence-electron chi connectivity index (χ1n) is 11.2. The number of nitrogens with one attached hydrogen (secondary N) is 1. The Balaban J connectivity index is 1.82. The van der Waals surface area contributed by atoms with Gasteiger partial charge in [-0.3, -0.25) is 4.79 Å². The number of halogens is 2. The number of aryl methyl sites for hydroxylation is 1. The van der Waals surface area contributed by atoms with Crippen molar-refractivity contribution in [3.05, 3.63) is 64.8 Å². The molecule has 0 atom stereocenters. The molecular formula is C25H28Cl2N2O5S. The van der Waals surface area contributed by atoms with Crippen LogP contribution in [0.25, 0.3) is 10.9 Å². The standard InChI is InChI=1S/C25H28Cl2N2O5S/c1-17-9-10-18-6-5-7-22(25(18)29-17)34-16-21-19(14-26)11-12-23(20(21)15-27)35(32,33)28-13-4-2-3-8-24(30)31/h5-7,9-12,28H,2-4,8,13-16H2,1H3,(H,30,31). The lowest BCUT2D eigenvalue weighted by Crippen LogP contribution is -2.26. The van der Waals surface area contributed by atoms with Crippen molar-refractivity contribution in [2.75, 3.05) is 6.54 Å². The van der Waals surface area contributed by atoms with Crippen LogP contribution >= 0.6 is 23.2 Å². The lowest BCUT2D eigenvalue weighted by Gasteiger charge is -2.18. The Bertz CT molecular complexity index is 1300. The highest BCUT2D eigenvalue weighted by atomic mass is 35.5. The number of carbonyl (C=O) groups is 1. The summed E-state index contributed by atoms with van der Waals surface area (Å²) in [5.74, 6) is -0.140. The Labute approximate surface area is 215 Å². The van der Waals surface area contributed by atoms with Gasteiger partial charge in [-0.15, -0.1) is 23.2 Å². The second-order valence-corrected chi connectivity index (χ2v) is 10.4. The van der Waals surface area contributed by atoms with E-state index in [1.807, 2.05) is 37.3 Å². The van der Waals surface area contributed by atoms with Crippen LogP contribution in [-0.4, -0.2) is 31.0 Å². The molecule has 3 aromatic rings. The van der Waals surface area contributed by atoms with Gasteiger partial charge in [0.25, 0.3) is 0 Å². The SMILES string of the molecule is Cc1ccc2cccc(OCc3c(CCl)ccc(S(=O)(=O)NCCCCCC(=O)O)c3CCl)c2n1. The van der Waals surface area contributed by atoms with Gasteiger partial charge in [0, 0.05) is 35.8 Å². The van der Waals surface area contributed by atoms with E-state index >= 15 is 0 Å². The number of aliphatic carboxylic acids is 1. The Kier molecular flexibility index (Phi) is 9.74. The first-order chi connectivity index (χ1) is 16.8. The van der Waals surface area contributed by atoms with Gasteiger partial charge in [-0.1, -0.05) is 30.7 Å². The maximum absolute atomic E-state index is 13.0. The monoisotopic (exact) mass is 538 g/mol. The van der Waals surface area contributed by atoms with Gasteiger partial charge in [0.2, 0.25) is 10.0 Å². The summed E-state index contributed by atoms with van der Waals surface area (Å²) >= 11 is 12.4. The molecule has 7 nitrogen and oxygen atoms in total. The zero-order chi connectivity index (χ0) is 25.4. The summed E-state index contributed by atoms with van der Waals surface area (Å²) in [7, 11) is -3.84. The van der Waals surface area contributed by atoms with Crippen LogP contribution < -0.4 is 9.46 Å². The van der Waals surface area contributed by atoms with E-state index in [2.05, 4.69) is 9.71 Å². The maximum atomic E-state index is 13.0. The molecule has 0 aliphatic heterocycles. The van der Waals surface area contributed by atoms with Crippen LogP contribution in [0.2, 0.25) is 0 Å². The van der Waals surface area contributed by atoms with Crippen molar-refractivity contribution in [2.45, 2.75) is 55.9 Å². The number of alkyl halides is 2. The van der Waals surface area contributed by atoms with E-state index in [-0.39, 0.29) is 36.2 Å². The second-order valence-electron chi connectivity index (χ2n) is 8.12. The first-order valence-corrected chi connectivity index (χ1v) is 13.8. The molecule has 0 aliphatic rings.